The molecule has 1 aromatic carbocycles. The second kappa shape index (κ2) is 5.15. The summed E-state index contributed by atoms with van der Waals surface area (Å²) in [6.07, 6.45) is -2.49. The average molecular weight is 354 g/mol. The van der Waals surface area contributed by atoms with E-state index in [-0.39, 0.29) is 35.8 Å². The lowest BCUT2D eigenvalue weighted by Gasteiger charge is -2.55. The van der Waals surface area contributed by atoms with E-state index in [2.05, 4.69) is 6.92 Å². The number of benzene rings is 1. The third-order valence-electron chi connectivity index (χ3n) is 7.68. The van der Waals surface area contributed by atoms with Crippen LogP contribution in [0, 0.1) is 23.2 Å². The number of hydrogen-bond donors (Lipinski definition) is 2. The van der Waals surface area contributed by atoms with Crippen LogP contribution in [-0.2, 0) is 6.42 Å². The van der Waals surface area contributed by atoms with Crippen LogP contribution in [-0.4, -0.2) is 22.0 Å². The Morgan fingerprint density at radius 3 is 2.56 bits per heavy atom. The van der Waals surface area contributed by atoms with Crippen molar-refractivity contribution in [2.45, 2.75) is 63.6 Å². The Morgan fingerprint density at radius 2 is 1.88 bits per heavy atom. The van der Waals surface area contributed by atoms with Gasteiger partial charge in [-0.3, -0.25) is 0 Å². The topological polar surface area (TPSA) is 40.5 Å². The summed E-state index contributed by atoms with van der Waals surface area (Å²) in [6.45, 7) is 3.77. The minimum absolute atomic E-state index is 0.116. The molecule has 0 amide bonds. The van der Waals surface area contributed by atoms with Gasteiger partial charge in [-0.25, -0.2) is 0 Å². The van der Waals surface area contributed by atoms with Gasteiger partial charge in [0.05, 0.1) is 0 Å². The zero-order chi connectivity index (χ0) is 18.2. The van der Waals surface area contributed by atoms with Gasteiger partial charge in [-0.05, 0) is 79.0 Å². The lowest BCUT2D eigenvalue weighted by atomic mass is 9.51. The molecule has 0 spiro atoms. The number of phenolic OH excluding ortho intramolecular Hbond substituents is 1. The van der Waals surface area contributed by atoms with Crippen LogP contribution >= 0.6 is 0 Å². The van der Waals surface area contributed by atoms with Crippen molar-refractivity contribution < 1.29 is 23.4 Å². The SMILES string of the molecule is CC1Cc2cc(O)ccc2C2CC[C@@]3(C)C(CC[C@]3(O)C(F)(F)F)C12. The van der Waals surface area contributed by atoms with E-state index in [1.54, 1.807) is 19.1 Å². The lowest BCUT2D eigenvalue weighted by molar-refractivity contribution is -0.301. The van der Waals surface area contributed by atoms with Crippen LogP contribution in [0.1, 0.15) is 56.6 Å². The Balaban J connectivity index is 1.75. The summed E-state index contributed by atoms with van der Waals surface area (Å²) in [7, 11) is 0. The smallest absolute Gasteiger partial charge is 0.417 e. The molecule has 2 N–H and O–H groups in total. The van der Waals surface area contributed by atoms with Gasteiger partial charge in [0.25, 0.3) is 0 Å². The summed E-state index contributed by atoms with van der Waals surface area (Å²) in [5.41, 5.74) is -1.36. The Hall–Kier alpha value is -1.23. The number of hydrogen-bond acceptors (Lipinski definition) is 2. The molecule has 25 heavy (non-hydrogen) atoms. The lowest BCUT2D eigenvalue weighted by Crippen LogP contribution is -2.59. The van der Waals surface area contributed by atoms with Crippen LogP contribution < -0.4 is 0 Å². The molecule has 0 heterocycles. The molecule has 4 unspecified atom stereocenters. The van der Waals surface area contributed by atoms with E-state index in [0.717, 1.165) is 12.0 Å². The maximum Gasteiger partial charge on any atom is 0.417 e. The van der Waals surface area contributed by atoms with E-state index in [9.17, 15) is 23.4 Å². The van der Waals surface area contributed by atoms with E-state index in [0.29, 0.717) is 19.3 Å². The van der Waals surface area contributed by atoms with Gasteiger partial charge < -0.3 is 10.2 Å². The van der Waals surface area contributed by atoms with Crippen molar-refractivity contribution in [2.75, 3.05) is 0 Å². The number of alkyl halides is 3. The molecule has 2 saturated carbocycles. The molecular weight excluding hydrogens is 329 g/mol. The highest BCUT2D eigenvalue weighted by Gasteiger charge is 2.71. The van der Waals surface area contributed by atoms with Gasteiger partial charge in [0.1, 0.15) is 5.75 Å². The normalized spacial score (nSPS) is 43.3. The largest absolute Gasteiger partial charge is 0.508 e. The van der Waals surface area contributed by atoms with Crippen molar-refractivity contribution >= 4 is 0 Å². The molecule has 0 bridgehead atoms. The van der Waals surface area contributed by atoms with Crippen molar-refractivity contribution in [3.05, 3.63) is 29.3 Å². The van der Waals surface area contributed by atoms with Crippen LogP contribution in [0.25, 0.3) is 0 Å². The van der Waals surface area contributed by atoms with Gasteiger partial charge >= 0.3 is 6.18 Å². The fraction of sp³-hybridized carbons (Fsp3) is 0.700. The first-order valence-corrected chi connectivity index (χ1v) is 9.19. The van der Waals surface area contributed by atoms with Crippen LogP contribution in [0.4, 0.5) is 13.2 Å². The van der Waals surface area contributed by atoms with Crippen LogP contribution in [0.15, 0.2) is 18.2 Å². The molecule has 2 fully saturated rings. The van der Waals surface area contributed by atoms with Gasteiger partial charge in [-0.15, -0.1) is 0 Å². The first-order chi connectivity index (χ1) is 11.6. The average Bonchev–Trinajstić information content (AvgIpc) is 2.79. The molecule has 6 atom stereocenters. The van der Waals surface area contributed by atoms with E-state index >= 15 is 0 Å². The van der Waals surface area contributed by atoms with Crippen molar-refractivity contribution in [2.24, 2.45) is 23.2 Å². The summed E-state index contributed by atoms with van der Waals surface area (Å²) in [5.74, 6) is 0.770. The number of aromatic hydroxyl groups is 1. The molecule has 3 aliphatic carbocycles. The molecule has 2 nitrogen and oxygen atoms in total. The second-order valence-electron chi connectivity index (χ2n) is 8.71. The first kappa shape index (κ1) is 17.2. The summed E-state index contributed by atoms with van der Waals surface area (Å²) >= 11 is 0. The van der Waals surface area contributed by atoms with Crippen LogP contribution in [0.5, 0.6) is 5.75 Å². The van der Waals surface area contributed by atoms with Crippen LogP contribution in [0.3, 0.4) is 0 Å². The Bertz CT molecular complexity index is 701. The van der Waals surface area contributed by atoms with Gasteiger partial charge in [0.15, 0.2) is 5.60 Å². The fourth-order valence-corrected chi connectivity index (χ4v) is 6.45. The third-order valence-corrected chi connectivity index (χ3v) is 7.68. The second-order valence-corrected chi connectivity index (χ2v) is 8.71. The highest BCUT2D eigenvalue weighted by Crippen LogP contribution is 2.68. The summed E-state index contributed by atoms with van der Waals surface area (Å²) in [6, 6.07) is 5.43. The molecule has 4 rings (SSSR count). The molecule has 138 valence electrons. The Morgan fingerprint density at radius 1 is 1.16 bits per heavy atom. The Labute approximate surface area is 146 Å². The molecular formula is C20H25F3O2. The molecule has 0 aliphatic heterocycles. The monoisotopic (exact) mass is 354 g/mol. The van der Waals surface area contributed by atoms with E-state index < -0.39 is 17.2 Å². The third kappa shape index (κ3) is 2.14. The van der Waals surface area contributed by atoms with Crippen molar-refractivity contribution in [1.82, 2.24) is 0 Å². The number of fused-ring (bicyclic) bond motifs is 5. The Kier molecular flexibility index (Phi) is 3.54. The molecule has 3 aliphatic rings. The van der Waals surface area contributed by atoms with E-state index in [1.807, 2.05) is 6.07 Å². The highest BCUT2D eigenvalue weighted by atomic mass is 19.4. The maximum atomic E-state index is 13.7. The van der Waals surface area contributed by atoms with Crippen LogP contribution in [0.2, 0.25) is 0 Å². The fourth-order valence-electron chi connectivity index (χ4n) is 6.45. The predicted octanol–water partition coefficient (Wildman–Crippen LogP) is 4.79. The first-order valence-electron chi connectivity index (χ1n) is 9.19. The summed E-state index contributed by atoms with van der Waals surface area (Å²) in [5, 5.41) is 20.4. The molecule has 0 radical (unpaired) electrons. The zero-order valence-electron chi connectivity index (χ0n) is 14.6. The van der Waals surface area contributed by atoms with Crippen molar-refractivity contribution in [1.29, 1.82) is 0 Å². The quantitative estimate of drug-likeness (QED) is 0.703. The molecule has 1 aromatic rings. The highest BCUT2D eigenvalue weighted by molar-refractivity contribution is 5.41. The van der Waals surface area contributed by atoms with Gasteiger partial charge in [-0.1, -0.05) is 19.9 Å². The molecule has 0 aromatic heterocycles. The number of aliphatic hydroxyl groups is 1. The summed E-state index contributed by atoms with van der Waals surface area (Å²) < 4.78 is 41.1. The van der Waals surface area contributed by atoms with E-state index in [4.69, 9.17) is 0 Å². The number of rotatable bonds is 0. The van der Waals surface area contributed by atoms with Gasteiger partial charge in [0, 0.05) is 5.41 Å². The minimum Gasteiger partial charge on any atom is -0.508 e. The zero-order valence-corrected chi connectivity index (χ0v) is 14.6. The van der Waals surface area contributed by atoms with Crippen molar-refractivity contribution in [3.8, 4) is 5.75 Å². The molecule has 5 heteroatoms. The number of halogens is 3. The van der Waals surface area contributed by atoms with Crippen molar-refractivity contribution in [3.63, 3.8) is 0 Å². The van der Waals surface area contributed by atoms with Gasteiger partial charge in [-0.2, -0.15) is 13.2 Å². The predicted molar refractivity (Wildman–Crippen MR) is 88.3 cm³/mol. The van der Waals surface area contributed by atoms with Gasteiger partial charge in [0.2, 0.25) is 0 Å². The standard InChI is InChI=1S/C20H25F3O2/c1-11-9-12-10-13(24)3-4-14(12)15-5-7-18(2)16(17(11)15)6-8-19(18,25)20(21,22)23/h3-4,10-11,15-17,24-25H,5-9H2,1-2H3/t11?,15?,16?,17?,18-,19+/m0/s1. The molecule has 0 saturated heterocycles. The number of phenols is 1. The van der Waals surface area contributed by atoms with E-state index in [1.165, 1.54) is 5.56 Å². The summed E-state index contributed by atoms with van der Waals surface area (Å²) in [4.78, 5) is 0. The minimum atomic E-state index is -4.58. The maximum absolute atomic E-state index is 13.7.